The summed E-state index contributed by atoms with van der Waals surface area (Å²) >= 11 is 6.51. The van der Waals surface area contributed by atoms with E-state index in [0.29, 0.717) is 36.5 Å². The minimum Gasteiger partial charge on any atom is -0.394 e. The Labute approximate surface area is 229 Å². The number of benzene rings is 1. The van der Waals surface area contributed by atoms with Crippen LogP contribution in [0.2, 0.25) is 5.02 Å². The van der Waals surface area contributed by atoms with E-state index in [1.54, 1.807) is 48.4 Å². The predicted octanol–water partition coefficient (Wildman–Crippen LogP) is 3.29. The molecule has 2 unspecified atom stereocenters. The molecule has 3 aliphatic heterocycles. The molecule has 9 heteroatoms. The van der Waals surface area contributed by atoms with Crippen molar-refractivity contribution in [1.29, 1.82) is 0 Å². The van der Waals surface area contributed by atoms with Gasteiger partial charge in [-0.05, 0) is 37.3 Å². The zero-order valence-electron chi connectivity index (χ0n) is 22.4. The number of rotatable bonds is 11. The van der Waals surface area contributed by atoms with Crippen molar-refractivity contribution in [3.05, 3.63) is 54.6 Å². The molecule has 3 amide bonds. The van der Waals surface area contributed by atoms with Crippen molar-refractivity contribution in [2.75, 3.05) is 31.6 Å². The van der Waals surface area contributed by atoms with E-state index in [1.807, 2.05) is 13.8 Å². The van der Waals surface area contributed by atoms with Gasteiger partial charge in [-0.2, -0.15) is 0 Å². The number of likely N-dealkylation sites (tertiary alicyclic amines) is 1. The third-order valence-corrected chi connectivity index (χ3v) is 8.42. The second-order valence-corrected chi connectivity index (χ2v) is 11.4. The number of likely N-dealkylation sites (N-methyl/N-ethyl adjacent to an activating group) is 1. The first-order valence-electron chi connectivity index (χ1n) is 13.3. The fourth-order valence-electron chi connectivity index (χ4n) is 6.66. The first-order valence-corrected chi connectivity index (χ1v) is 13.6. The summed E-state index contributed by atoms with van der Waals surface area (Å²) in [4.78, 5) is 47.0. The Morgan fingerprint density at radius 3 is 2.53 bits per heavy atom. The number of amides is 3. The van der Waals surface area contributed by atoms with E-state index in [1.165, 1.54) is 9.80 Å². The molecule has 0 saturated carbocycles. The van der Waals surface area contributed by atoms with E-state index < -0.39 is 35.6 Å². The van der Waals surface area contributed by atoms with Gasteiger partial charge in [0.25, 0.3) is 5.91 Å². The maximum Gasteiger partial charge on any atom is 0.253 e. The van der Waals surface area contributed by atoms with Crippen LogP contribution in [-0.2, 0) is 19.1 Å². The Balaban J connectivity index is 1.83. The van der Waals surface area contributed by atoms with Crippen LogP contribution in [0.4, 0.5) is 5.69 Å². The maximum absolute atomic E-state index is 14.5. The van der Waals surface area contributed by atoms with Crippen LogP contribution >= 0.6 is 11.6 Å². The average molecular weight is 544 g/mol. The van der Waals surface area contributed by atoms with Gasteiger partial charge in [-0.25, -0.2) is 0 Å². The molecule has 0 aromatic heterocycles. The van der Waals surface area contributed by atoms with Crippen molar-refractivity contribution >= 4 is 35.0 Å². The molecule has 206 valence electrons. The predicted molar refractivity (Wildman–Crippen MR) is 147 cm³/mol. The molecule has 3 aliphatic rings. The van der Waals surface area contributed by atoms with Crippen LogP contribution in [0.1, 0.15) is 33.1 Å². The fourth-order valence-corrected chi connectivity index (χ4v) is 6.90. The second kappa shape index (κ2) is 11.2. The summed E-state index contributed by atoms with van der Waals surface area (Å²) in [6, 6.07) is 5.42. The topological polar surface area (TPSA) is 90.4 Å². The molecule has 6 atom stereocenters. The molecule has 1 aromatic carbocycles. The van der Waals surface area contributed by atoms with Crippen LogP contribution in [0.15, 0.2) is 49.6 Å². The Hall–Kier alpha value is -2.68. The highest BCUT2D eigenvalue weighted by Gasteiger charge is 2.75. The number of hydrogen-bond acceptors (Lipinski definition) is 5. The lowest BCUT2D eigenvalue weighted by Gasteiger charge is -2.39. The fraction of sp³-hybridized carbons (Fsp3) is 0.552. The largest absolute Gasteiger partial charge is 0.394 e. The molecule has 1 aromatic rings. The Kier molecular flexibility index (Phi) is 8.35. The molecule has 0 radical (unpaired) electrons. The van der Waals surface area contributed by atoms with Gasteiger partial charge < -0.3 is 24.5 Å². The van der Waals surface area contributed by atoms with Crippen molar-refractivity contribution in [3.8, 4) is 0 Å². The number of para-hydroxylation sites is 1. The summed E-state index contributed by atoms with van der Waals surface area (Å²) in [5.41, 5.74) is -0.666. The number of anilines is 1. The van der Waals surface area contributed by atoms with Gasteiger partial charge in [0.1, 0.15) is 11.6 Å². The molecule has 3 saturated heterocycles. The molecule has 0 aliphatic carbocycles. The molecule has 8 nitrogen and oxygen atoms in total. The van der Waals surface area contributed by atoms with Crippen molar-refractivity contribution in [3.63, 3.8) is 0 Å². The number of carbonyl (C=O) groups excluding carboxylic acids is 3. The smallest absolute Gasteiger partial charge is 0.253 e. The first kappa shape index (κ1) is 28.3. The Morgan fingerprint density at radius 2 is 1.92 bits per heavy atom. The number of carbonyl (C=O) groups is 3. The van der Waals surface area contributed by atoms with Crippen LogP contribution in [0.5, 0.6) is 0 Å². The molecule has 4 rings (SSSR count). The number of fused-ring (bicyclic) bond motifs is 1. The second-order valence-electron chi connectivity index (χ2n) is 11.0. The van der Waals surface area contributed by atoms with Crippen LogP contribution < -0.4 is 4.90 Å². The van der Waals surface area contributed by atoms with Crippen molar-refractivity contribution < 1.29 is 24.2 Å². The molecule has 1 N–H and O–H groups in total. The normalized spacial score (nSPS) is 28.4. The monoisotopic (exact) mass is 543 g/mol. The van der Waals surface area contributed by atoms with Gasteiger partial charge in [0.2, 0.25) is 11.8 Å². The summed E-state index contributed by atoms with van der Waals surface area (Å²) < 4.78 is 6.55. The van der Waals surface area contributed by atoms with E-state index in [4.69, 9.17) is 16.3 Å². The zero-order valence-corrected chi connectivity index (χ0v) is 23.1. The highest BCUT2D eigenvalue weighted by Crippen LogP contribution is 2.59. The van der Waals surface area contributed by atoms with Crippen molar-refractivity contribution in [2.45, 2.75) is 56.9 Å². The summed E-state index contributed by atoms with van der Waals surface area (Å²) in [6.07, 6.45) is 4.34. The number of aliphatic hydroxyl groups is 1. The summed E-state index contributed by atoms with van der Waals surface area (Å²) in [5, 5.41) is 10.8. The minimum atomic E-state index is -1.17. The SMILES string of the molecule is C=CCN(C)C(=O)[C@@H]1[C@@H]2CCC3(O2)C(C(=O)N(CC=C)c2ccccc2Cl)N([C@@H](CO)CC(C)C)C(=O)[C@H]13. The third-order valence-electron chi connectivity index (χ3n) is 8.10. The number of aliphatic hydroxyl groups excluding tert-OH is 1. The highest BCUT2D eigenvalue weighted by molar-refractivity contribution is 6.34. The maximum atomic E-state index is 14.5. The van der Waals surface area contributed by atoms with Crippen LogP contribution in [0.25, 0.3) is 0 Å². The van der Waals surface area contributed by atoms with E-state index >= 15 is 0 Å². The van der Waals surface area contributed by atoms with Gasteiger partial charge in [-0.3, -0.25) is 14.4 Å². The van der Waals surface area contributed by atoms with E-state index in [9.17, 15) is 19.5 Å². The zero-order chi connectivity index (χ0) is 27.8. The molecular weight excluding hydrogens is 506 g/mol. The number of nitrogens with zero attached hydrogens (tertiary/aromatic N) is 3. The van der Waals surface area contributed by atoms with Crippen LogP contribution in [-0.4, -0.2) is 83.2 Å². The van der Waals surface area contributed by atoms with E-state index in [0.717, 1.165) is 0 Å². The van der Waals surface area contributed by atoms with Gasteiger partial charge in [-0.1, -0.05) is 49.7 Å². The lowest BCUT2D eigenvalue weighted by molar-refractivity contribution is -0.147. The summed E-state index contributed by atoms with van der Waals surface area (Å²) in [7, 11) is 1.68. The van der Waals surface area contributed by atoms with Crippen molar-refractivity contribution in [1.82, 2.24) is 9.80 Å². The molecule has 1 spiro atoms. The van der Waals surface area contributed by atoms with Crippen LogP contribution in [0, 0.1) is 17.8 Å². The minimum absolute atomic E-state index is 0.162. The Morgan fingerprint density at radius 1 is 1.24 bits per heavy atom. The molecule has 3 heterocycles. The standard InChI is InChI=1S/C29H38ClN3O5/c1-6-14-31(5)26(35)23-22-12-13-29(38-22)24(23)27(36)33(19(17-34)16-18(3)4)25(29)28(37)32(15-7-2)21-11-9-8-10-20(21)30/h6-11,18-19,22-25,34H,1-2,12-17H2,3-5H3/t19-,22+,23-,24+,25?,29?/m1/s1. The van der Waals surface area contributed by atoms with E-state index in [2.05, 4.69) is 13.2 Å². The first-order chi connectivity index (χ1) is 18.1. The molecular formula is C29H38ClN3O5. The Bertz CT molecular complexity index is 1110. The van der Waals surface area contributed by atoms with Crippen molar-refractivity contribution in [2.24, 2.45) is 17.8 Å². The quantitative estimate of drug-likeness (QED) is 0.433. The molecule has 38 heavy (non-hydrogen) atoms. The van der Waals surface area contributed by atoms with E-state index in [-0.39, 0.29) is 36.8 Å². The lowest BCUT2D eigenvalue weighted by Crippen LogP contribution is -2.59. The summed E-state index contributed by atoms with van der Waals surface area (Å²) in [5.74, 6) is -2.21. The third kappa shape index (κ3) is 4.56. The molecule has 3 fully saturated rings. The lowest BCUT2D eigenvalue weighted by atomic mass is 9.70. The summed E-state index contributed by atoms with van der Waals surface area (Å²) in [6.45, 7) is 11.8. The number of ether oxygens (including phenoxy) is 1. The van der Waals surface area contributed by atoms with Gasteiger partial charge in [-0.15, -0.1) is 13.2 Å². The van der Waals surface area contributed by atoms with Gasteiger partial charge in [0, 0.05) is 20.1 Å². The van der Waals surface area contributed by atoms with Gasteiger partial charge in [0.15, 0.2) is 0 Å². The highest BCUT2D eigenvalue weighted by atomic mass is 35.5. The average Bonchev–Trinajstić information content (AvgIpc) is 3.53. The molecule has 2 bridgehead atoms. The number of hydrogen-bond donors (Lipinski definition) is 1. The van der Waals surface area contributed by atoms with Crippen LogP contribution in [0.3, 0.4) is 0 Å². The van der Waals surface area contributed by atoms with Gasteiger partial charge in [0.05, 0.1) is 41.3 Å². The number of halogens is 1. The van der Waals surface area contributed by atoms with Gasteiger partial charge >= 0.3 is 0 Å².